The monoisotopic (exact) mass is 186 g/mol. The molecule has 0 aromatic rings. The summed E-state index contributed by atoms with van der Waals surface area (Å²) < 4.78 is 0. The Hall–Kier alpha value is -0.990. The Morgan fingerprint density at radius 3 is 1.54 bits per heavy atom. The summed E-state index contributed by atoms with van der Waals surface area (Å²) in [5, 5.41) is 0. The van der Waals surface area contributed by atoms with Crippen LogP contribution in [-0.2, 0) is 4.79 Å². The summed E-state index contributed by atoms with van der Waals surface area (Å²) in [5.74, 6) is -0.436. The van der Waals surface area contributed by atoms with Crippen molar-refractivity contribution in [3.63, 3.8) is 0 Å². The molecule has 0 atom stereocenters. The van der Waals surface area contributed by atoms with Crippen molar-refractivity contribution < 1.29 is 4.79 Å². The maximum atomic E-state index is 10.4. The van der Waals surface area contributed by atoms with Crippen LogP contribution in [0, 0.1) is 0 Å². The lowest BCUT2D eigenvalue weighted by molar-refractivity contribution is -0.114. The van der Waals surface area contributed by atoms with Crippen molar-refractivity contribution >= 4 is 5.91 Å². The van der Waals surface area contributed by atoms with E-state index >= 15 is 0 Å². The van der Waals surface area contributed by atoms with Gasteiger partial charge in [-0.05, 0) is 13.3 Å². The van der Waals surface area contributed by atoms with Crippen molar-refractivity contribution in [2.24, 2.45) is 11.5 Å². The summed E-state index contributed by atoms with van der Waals surface area (Å²) in [6, 6.07) is 0. The molecule has 1 amide bonds. The van der Waals surface area contributed by atoms with Gasteiger partial charge in [0.1, 0.15) is 0 Å². The number of amides is 1. The highest BCUT2D eigenvalue weighted by Crippen LogP contribution is 1.99. The van der Waals surface area contributed by atoms with Crippen molar-refractivity contribution in [1.29, 1.82) is 0 Å². The third-order valence-corrected chi connectivity index (χ3v) is 1.73. The molecule has 0 aliphatic heterocycles. The summed E-state index contributed by atoms with van der Waals surface area (Å²) >= 11 is 0. The quantitative estimate of drug-likeness (QED) is 0.661. The first-order valence-corrected chi connectivity index (χ1v) is 4.76. The highest BCUT2D eigenvalue weighted by atomic mass is 16.1. The normalized spacial score (nSPS) is 11.1. The summed E-state index contributed by atoms with van der Waals surface area (Å²) in [4.78, 5) is 10.4. The highest BCUT2D eigenvalue weighted by Gasteiger charge is 2.00. The van der Waals surface area contributed by atoms with Gasteiger partial charge in [0.25, 0.3) is 0 Å². The van der Waals surface area contributed by atoms with Crippen LogP contribution in [0.25, 0.3) is 0 Å². The zero-order valence-corrected chi connectivity index (χ0v) is 9.18. The van der Waals surface area contributed by atoms with Crippen LogP contribution >= 0.6 is 0 Å². The molecule has 4 N–H and O–H groups in total. The number of allylic oxidation sites excluding steroid dienone is 1. The first kappa shape index (κ1) is 14.5. The Morgan fingerprint density at radius 2 is 1.46 bits per heavy atom. The molecule has 0 aliphatic rings. The minimum Gasteiger partial charge on any atom is -0.402 e. The Morgan fingerprint density at radius 1 is 1.08 bits per heavy atom. The van der Waals surface area contributed by atoms with Crippen LogP contribution in [-0.4, -0.2) is 5.91 Å². The number of primary amides is 1. The number of nitrogens with two attached hydrogens (primary N) is 2. The lowest BCUT2D eigenvalue weighted by Crippen LogP contribution is -2.16. The molecule has 3 nitrogen and oxygen atoms in total. The average molecular weight is 186 g/mol. The average Bonchev–Trinajstić information content (AvgIpc) is 2.15. The molecule has 0 saturated heterocycles. The van der Waals surface area contributed by atoms with Gasteiger partial charge < -0.3 is 11.5 Å². The molecule has 0 spiro atoms. The second-order valence-corrected chi connectivity index (χ2v) is 2.87. The number of carbonyl (C=O) groups is 1. The minimum atomic E-state index is -0.436. The van der Waals surface area contributed by atoms with Gasteiger partial charge in [0.15, 0.2) is 0 Å². The van der Waals surface area contributed by atoms with Gasteiger partial charge >= 0.3 is 0 Å². The molecule has 0 aromatic carbocycles. The van der Waals surface area contributed by atoms with Crippen LogP contribution in [0.15, 0.2) is 11.3 Å². The Labute approximate surface area is 81.2 Å². The molecule has 0 fully saturated rings. The number of carbonyl (C=O) groups excluding carboxylic acids is 1. The zero-order valence-electron chi connectivity index (χ0n) is 9.18. The fraction of sp³-hybridized carbons (Fsp3) is 0.700. The summed E-state index contributed by atoms with van der Waals surface area (Å²) in [6.45, 7) is 7.86. The van der Waals surface area contributed by atoms with E-state index in [9.17, 15) is 4.79 Å². The van der Waals surface area contributed by atoms with E-state index in [4.69, 9.17) is 11.5 Å². The van der Waals surface area contributed by atoms with Crippen LogP contribution in [0.2, 0.25) is 0 Å². The van der Waals surface area contributed by atoms with E-state index in [0.717, 1.165) is 0 Å². The molecule has 0 bridgehead atoms. The van der Waals surface area contributed by atoms with Gasteiger partial charge in [-0.3, -0.25) is 4.79 Å². The first-order chi connectivity index (χ1) is 6.01. The summed E-state index contributed by atoms with van der Waals surface area (Å²) in [6.07, 6.45) is 3.31. The molecule has 0 saturated carbocycles. The maximum absolute atomic E-state index is 10.4. The molecule has 3 heteroatoms. The Bertz CT molecular complexity index is 172. The molecule has 0 unspecified atom stereocenters. The third-order valence-electron chi connectivity index (χ3n) is 1.73. The van der Waals surface area contributed by atoms with Crippen LogP contribution in [0.5, 0.6) is 0 Å². The van der Waals surface area contributed by atoms with Crippen molar-refractivity contribution in [1.82, 2.24) is 0 Å². The van der Waals surface area contributed by atoms with Gasteiger partial charge in [0, 0.05) is 11.3 Å². The van der Waals surface area contributed by atoms with E-state index in [1.165, 1.54) is 12.8 Å². The van der Waals surface area contributed by atoms with Gasteiger partial charge in [-0.25, -0.2) is 0 Å². The van der Waals surface area contributed by atoms with Gasteiger partial charge in [-0.2, -0.15) is 0 Å². The molecule has 0 rings (SSSR count). The van der Waals surface area contributed by atoms with Crippen molar-refractivity contribution in [3.05, 3.63) is 11.3 Å². The lowest BCUT2D eigenvalue weighted by atomic mass is 10.2. The second kappa shape index (κ2) is 9.10. The van der Waals surface area contributed by atoms with E-state index in [2.05, 4.69) is 13.8 Å². The van der Waals surface area contributed by atoms with E-state index in [-0.39, 0.29) is 0 Å². The highest BCUT2D eigenvalue weighted by molar-refractivity contribution is 5.91. The number of hydrogen-bond donors (Lipinski definition) is 2. The van der Waals surface area contributed by atoms with Crippen molar-refractivity contribution in [3.8, 4) is 0 Å². The van der Waals surface area contributed by atoms with Crippen molar-refractivity contribution in [2.75, 3.05) is 0 Å². The van der Waals surface area contributed by atoms with E-state index in [1.807, 2.05) is 6.92 Å². The van der Waals surface area contributed by atoms with Gasteiger partial charge in [-0.1, -0.05) is 33.6 Å². The predicted molar refractivity (Wildman–Crippen MR) is 57.0 cm³/mol. The first-order valence-electron chi connectivity index (χ1n) is 4.76. The zero-order chi connectivity index (χ0) is 10.9. The molecule has 0 aromatic heterocycles. The number of hydrogen-bond acceptors (Lipinski definition) is 2. The second-order valence-electron chi connectivity index (χ2n) is 2.87. The molecule has 78 valence electrons. The maximum Gasteiger partial charge on any atom is 0.246 e. The van der Waals surface area contributed by atoms with Crippen molar-refractivity contribution in [2.45, 2.75) is 47.0 Å². The topological polar surface area (TPSA) is 69.1 Å². The Balaban J connectivity index is 0. The molecular weight excluding hydrogens is 164 g/mol. The molecule has 13 heavy (non-hydrogen) atoms. The van der Waals surface area contributed by atoms with E-state index < -0.39 is 5.91 Å². The van der Waals surface area contributed by atoms with Gasteiger partial charge in [0.05, 0.1) is 0 Å². The fourth-order valence-corrected chi connectivity index (χ4v) is 0.423. The van der Waals surface area contributed by atoms with Gasteiger partial charge in [0.2, 0.25) is 5.91 Å². The fourth-order valence-electron chi connectivity index (χ4n) is 0.423. The number of rotatable bonds is 3. The summed E-state index contributed by atoms with van der Waals surface area (Å²) in [5.41, 5.74) is 11.4. The smallest absolute Gasteiger partial charge is 0.246 e. The standard InChI is InChI=1S/C6H12N2O.C4H10/c1-3-5(7)4(2)6(8)9;1-3-4-2/h3,7H2,1-2H3,(H2,8,9);3-4H2,1-2H3/b5-4+;. The number of unbranched alkanes of at least 4 members (excludes halogenated alkanes) is 1. The predicted octanol–water partition coefficient (Wildman–Crippen LogP) is 1.92. The molecular formula is C10H22N2O. The van der Waals surface area contributed by atoms with E-state index in [0.29, 0.717) is 17.7 Å². The van der Waals surface area contributed by atoms with E-state index in [1.54, 1.807) is 6.92 Å². The lowest BCUT2D eigenvalue weighted by Gasteiger charge is -1.98. The summed E-state index contributed by atoms with van der Waals surface area (Å²) in [7, 11) is 0. The Kier molecular flexibility index (Phi) is 10.2. The minimum absolute atomic E-state index is 0.436. The van der Waals surface area contributed by atoms with Crippen LogP contribution in [0.3, 0.4) is 0 Å². The van der Waals surface area contributed by atoms with Gasteiger partial charge in [-0.15, -0.1) is 0 Å². The molecule has 0 aliphatic carbocycles. The van der Waals surface area contributed by atoms with Crippen LogP contribution in [0.1, 0.15) is 47.0 Å². The van der Waals surface area contributed by atoms with Crippen LogP contribution in [0.4, 0.5) is 0 Å². The molecule has 0 heterocycles. The molecule has 0 radical (unpaired) electrons. The van der Waals surface area contributed by atoms with Crippen LogP contribution < -0.4 is 11.5 Å². The SMILES string of the molecule is CC/C(N)=C(/C)C(N)=O.CCCC. The third kappa shape index (κ3) is 8.92. The largest absolute Gasteiger partial charge is 0.402 e.